The third-order valence-electron chi connectivity index (χ3n) is 4.80. The monoisotopic (exact) mass is 323 g/mol. The van der Waals surface area contributed by atoms with Crippen molar-refractivity contribution in [1.29, 1.82) is 0 Å². The first-order chi connectivity index (χ1) is 11.7. The molecule has 0 aliphatic carbocycles. The lowest BCUT2D eigenvalue weighted by atomic mass is 10.0. The van der Waals surface area contributed by atoms with E-state index in [1.54, 1.807) is 18.5 Å². The van der Waals surface area contributed by atoms with Gasteiger partial charge in [0.15, 0.2) is 0 Å². The lowest BCUT2D eigenvalue weighted by molar-refractivity contribution is -0.133. The van der Waals surface area contributed by atoms with Gasteiger partial charge in [-0.1, -0.05) is 18.2 Å². The molecule has 2 atom stereocenters. The van der Waals surface area contributed by atoms with E-state index in [0.29, 0.717) is 18.9 Å². The fraction of sp³-hybridized carbons (Fsp3) is 0.389. The smallest absolute Gasteiger partial charge is 0.246 e. The topological polar surface area (TPSA) is 75.3 Å². The quantitative estimate of drug-likeness (QED) is 0.906. The fourth-order valence-electron chi connectivity index (χ4n) is 3.67. The predicted octanol–water partition coefficient (Wildman–Crippen LogP) is 1.49. The van der Waals surface area contributed by atoms with Gasteiger partial charge in [-0.15, -0.1) is 0 Å². The van der Waals surface area contributed by atoms with Gasteiger partial charge in [-0.3, -0.25) is 9.69 Å². The van der Waals surface area contributed by atoms with Crippen LogP contribution in [-0.4, -0.2) is 45.9 Å². The molecule has 6 nitrogen and oxygen atoms in total. The van der Waals surface area contributed by atoms with Gasteiger partial charge in [-0.05, 0) is 30.5 Å². The molecule has 2 aliphatic heterocycles. The second kappa shape index (κ2) is 6.20. The number of amides is 1. The molecule has 2 N–H and O–H groups in total. The van der Waals surface area contributed by atoms with Gasteiger partial charge in [0.25, 0.3) is 0 Å². The molecule has 0 bridgehead atoms. The molecular formula is C18H21N5O. The first-order valence-corrected chi connectivity index (χ1v) is 8.42. The van der Waals surface area contributed by atoms with Crippen LogP contribution in [0.2, 0.25) is 0 Å². The number of nitrogens with two attached hydrogens (primary N) is 1. The molecule has 124 valence electrons. The minimum Gasteiger partial charge on any atom is -0.339 e. The van der Waals surface area contributed by atoms with E-state index in [1.165, 1.54) is 0 Å². The molecule has 1 saturated heterocycles. The molecule has 1 amide bonds. The molecule has 3 heterocycles. The van der Waals surface area contributed by atoms with E-state index < -0.39 is 0 Å². The number of para-hydroxylation sites is 1. The molecule has 1 aromatic heterocycles. The van der Waals surface area contributed by atoms with Gasteiger partial charge >= 0.3 is 0 Å². The number of aromatic nitrogens is 2. The van der Waals surface area contributed by atoms with Crippen LogP contribution in [0.15, 0.2) is 42.7 Å². The van der Waals surface area contributed by atoms with Crippen molar-refractivity contribution in [1.82, 2.24) is 14.9 Å². The number of fused-ring (bicyclic) bond motifs is 1. The standard InChI is InChI=1S/C18H21N5O/c19-14-6-3-10-22(12-14)17(24)16-11-13-5-1-2-7-15(13)23(16)18-20-8-4-9-21-18/h1-2,4-5,7-9,14,16H,3,6,10-12,19H2. The van der Waals surface area contributed by atoms with Gasteiger partial charge in [0, 0.05) is 43.6 Å². The van der Waals surface area contributed by atoms with Crippen molar-refractivity contribution in [3.63, 3.8) is 0 Å². The van der Waals surface area contributed by atoms with Crippen LogP contribution in [0, 0.1) is 0 Å². The van der Waals surface area contributed by atoms with E-state index in [0.717, 1.165) is 30.6 Å². The lowest BCUT2D eigenvalue weighted by Gasteiger charge is -2.35. The number of carbonyl (C=O) groups excluding carboxylic acids is 1. The Hall–Kier alpha value is -2.47. The summed E-state index contributed by atoms with van der Waals surface area (Å²) in [4.78, 5) is 25.8. The summed E-state index contributed by atoms with van der Waals surface area (Å²) in [6.07, 6.45) is 6.05. The molecule has 4 rings (SSSR count). The molecule has 0 radical (unpaired) electrons. The van der Waals surface area contributed by atoms with Crippen molar-refractivity contribution in [3.8, 4) is 0 Å². The van der Waals surface area contributed by atoms with Crippen molar-refractivity contribution in [2.75, 3.05) is 18.0 Å². The number of hydrogen-bond acceptors (Lipinski definition) is 5. The SMILES string of the molecule is NC1CCCN(C(=O)C2Cc3ccccc3N2c2ncccn2)C1. The third kappa shape index (κ3) is 2.63. The molecule has 1 aromatic carbocycles. The summed E-state index contributed by atoms with van der Waals surface area (Å²) in [6.45, 7) is 1.41. The highest BCUT2D eigenvalue weighted by atomic mass is 16.2. The zero-order valence-corrected chi connectivity index (χ0v) is 13.5. The van der Waals surface area contributed by atoms with E-state index in [2.05, 4.69) is 16.0 Å². The van der Waals surface area contributed by atoms with E-state index in [4.69, 9.17) is 5.73 Å². The van der Waals surface area contributed by atoms with Crippen LogP contribution in [0.25, 0.3) is 0 Å². The highest BCUT2D eigenvalue weighted by Gasteiger charge is 2.39. The Balaban J connectivity index is 1.68. The number of likely N-dealkylation sites (tertiary alicyclic amines) is 1. The van der Waals surface area contributed by atoms with Crippen LogP contribution in [0.3, 0.4) is 0 Å². The van der Waals surface area contributed by atoms with Crippen molar-refractivity contribution >= 4 is 17.5 Å². The molecule has 24 heavy (non-hydrogen) atoms. The molecule has 1 fully saturated rings. The van der Waals surface area contributed by atoms with Gasteiger partial charge in [-0.2, -0.15) is 0 Å². The molecule has 2 aliphatic rings. The minimum atomic E-state index is -0.296. The van der Waals surface area contributed by atoms with E-state index >= 15 is 0 Å². The van der Waals surface area contributed by atoms with Crippen LogP contribution in [0.1, 0.15) is 18.4 Å². The largest absolute Gasteiger partial charge is 0.339 e. The molecule has 6 heteroatoms. The molecular weight excluding hydrogens is 302 g/mol. The number of benzene rings is 1. The Kier molecular flexibility index (Phi) is 3.90. The van der Waals surface area contributed by atoms with Crippen LogP contribution < -0.4 is 10.6 Å². The van der Waals surface area contributed by atoms with Gasteiger partial charge in [0.1, 0.15) is 6.04 Å². The second-order valence-electron chi connectivity index (χ2n) is 6.45. The molecule has 2 unspecified atom stereocenters. The average molecular weight is 323 g/mol. The lowest BCUT2D eigenvalue weighted by Crippen LogP contribution is -2.52. The maximum atomic E-state index is 13.2. The Bertz CT molecular complexity index is 735. The summed E-state index contributed by atoms with van der Waals surface area (Å²) in [5, 5.41) is 0. The Morgan fingerprint density at radius 3 is 2.75 bits per heavy atom. The number of rotatable bonds is 2. The summed E-state index contributed by atoms with van der Waals surface area (Å²) < 4.78 is 0. The van der Waals surface area contributed by atoms with Crippen molar-refractivity contribution in [2.24, 2.45) is 5.73 Å². The third-order valence-corrected chi connectivity index (χ3v) is 4.80. The average Bonchev–Trinajstić information content (AvgIpc) is 3.01. The normalized spacial score (nSPS) is 23.2. The maximum absolute atomic E-state index is 13.2. The fourth-order valence-corrected chi connectivity index (χ4v) is 3.67. The number of hydrogen-bond donors (Lipinski definition) is 1. The van der Waals surface area contributed by atoms with E-state index in [-0.39, 0.29) is 18.0 Å². The number of piperidine rings is 1. The van der Waals surface area contributed by atoms with Crippen LogP contribution >= 0.6 is 0 Å². The Labute approximate surface area is 141 Å². The highest BCUT2D eigenvalue weighted by Crippen LogP contribution is 2.37. The minimum absolute atomic E-state index is 0.0768. The van der Waals surface area contributed by atoms with Gasteiger partial charge < -0.3 is 10.6 Å². The zero-order valence-electron chi connectivity index (χ0n) is 13.5. The summed E-state index contributed by atoms with van der Waals surface area (Å²) in [7, 11) is 0. The summed E-state index contributed by atoms with van der Waals surface area (Å²) in [6, 6.07) is 9.65. The van der Waals surface area contributed by atoms with E-state index in [1.807, 2.05) is 28.0 Å². The predicted molar refractivity (Wildman–Crippen MR) is 91.9 cm³/mol. The first-order valence-electron chi connectivity index (χ1n) is 8.42. The first kappa shape index (κ1) is 15.1. The zero-order chi connectivity index (χ0) is 16.5. The van der Waals surface area contributed by atoms with Gasteiger partial charge in [0.2, 0.25) is 11.9 Å². The highest BCUT2D eigenvalue weighted by molar-refractivity contribution is 5.90. The van der Waals surface area contributed by atoms with Crippen molar-refractivity contribution < 1.29 is 4.79 Å². The Morgan fingerprint density at radius 1 is 1.17 bits per heavy atom. The Morgan fingerprint density at radius 2 is 1.96 bits per heavy atom. The summed E-state index contributed by atoms with van der Waals surface area (Å²) >= 11 is 0. The van der Waals surface area contributed by atoms with Crippen molar-refractivity contribution in [2.45, 2.75) is 31.3 Å². The van der Waals surface area contributed by atoms with Crippen LogP contribution in [0.4, 0.5) is 11.6 Å². The maximum Gasteiger partial charge on any atom is 0.246 e. The van der Waals surface area contributed by atoms with E-state index in [9.17, 15) is 4.79 Å². The summed E-state index contributed by atoms with van der Waals surface area (Å²) in [5.41, 5.74) is 8.23. The summed E-state index contributed by atoms with van der Waals surface area (Å²) in [5.74, 6) is 0.691. The van der Waals surface area contributed by atoms with Crippen LogP contribution in [-0.2, 0) is 11.2 Å². The number of anilines is 2. The molecule has 0 spiro atoms. The molecule has 0 saturated carbocycles. The van der Waals surface area contributed by atoms with Crippen LogP contribution in [0.5, 0.6) is 0 Å². The van der Waals surface area contributed by atoms with Crippen molar-refractivity contribution in [3.05, 3.63) is 48.3 Å². The number of carbonyl (C=O) groups is 1. The van der Waals surface area contributed by atoms with Gasteiger partial charge in [0.05, 0.1) is 0 Å². The molecule has 2 aromatic rings. The number of nitrogens with zero attached hydrogens (tertiary/aromatic N) is 4. The van der Waals surface area contributed by atoms with Gasteiger partial charge in [-0.25, -0.2) is 9.97 Å². The second-order valence-corrected chi connectivity index (χ2v) is 6.45.